The van der Waals surface area contributed by atoms with Gasteiger partial charge in [-0.1, -0.05) is 22.7 Å². The third kappa shape index (κ3) is 4.05. The zero-order chi connectivity index (χ0) is 20.3. The molecular formula is C17H17N3O5S3. The highest BCUT2D eigenvalue weighted by molar-refractivity contribution is 7.98. The van der Waals surface area contributed by atoms with Crippen LogP contribution >= 0.6 is 34.4 Å². The van der Waals surface area contributed by atoms with Gasteiger partial charge in [-0.25, -0.2) is 0 Å². The van der Waals surface area contributed by atoms with Crippen molar-refractivity contribution in [1.29, 1.82) is 0 Å². The number of benzene rings is 1. The Morgan fingerprint density at radius 1 is 1.25 bits per heavy atom. The minimum Gasteiger partial charge on any atom is -0.493 e. The van der Waals surface area contributed by atoms with Crippen LogP contribution in [0.25, 0.3) is 10.2 Å². The zero-order valence-corrected chi connectivity index (χ0v) is 17.8. The number of ether oxygens (including phenoxy) is 2. The van der Waals surface area contributed by atoms with Crippen LogP contribution in [0, 0.1) is 10.1 Å². The fourth-order valence-electron chi connectivity index (χ4n) is 2.56. The first kappa shape index (κ1) is 20.4. The maximum absolute atomic E-state index is 12.6. The van der Waals surface area contributed by atoms with E-state index >= 15 is 0 Å². The fourth-order valence-corrected chi connectivity index (χ4v) is 4.70. The number of nitro groups is 1. The van der Waals surface area contributed by atoms with E-state index in [0.29, 0.717) is 22.8 Å². The molecule has 0 atom stereocenters. The number of carbonyl (C=O) groups excluding carboxylic acids is 1. The first-order valence-corrected chi connectivity index (χ1v) is 11.1. The number of thioether (sulfide) groups is 1. The molecule has 1 aromatic carbocycles. The van der Waals surface area contributed by atoms with Crippen LogP contribution < -0.4 is 14.3 Å². The van der Waals surface area contributed by atoms with E-state index in [0.717, 1.165) is 27.3 Å². The van der Waals surface area contributed by atoms with E-state index in [1.807, 2.05) is 23.0 Å². The maximum Gasteiger partial charge on any atom is 0.324 e. The molecule has 8 nitrogen and oxygen atoms in total. The molecule has 3 rings (SSSR count). The summed E-state index contributed by atoms with van der Waals surface area (Å²) in [7, 11) is 3.14. The van der Waals surface area contributed by atoms with Crippen LogP contribution in [0.5, 0.6) is 11.5 Å². The largest absolute Gasteiger partial charge is 0.493 e. The molecule has 148 valence electrons. The minimum absolute atomic E-state index is 0.0837. The molecule has 1 amide bonds. The maximum atomic E-state index is 12.6. The first-order chi connectivity index (χ1) is 13.5. The van der Waals surface area contributed by atoms with Gasteiger partial charge in [-0.3, -0.25) is 14.9 Å². The predicted molar refractivity (Wildman–Crippen MR) is 112 cm³/mol. The molecule has 0 bridgehead atoms. The summed E-state index contributed by atoms with van der Waals surface area (Å²) in [6, 6.07) is 6.47. The Bertz CT molecular complexity index is 1100. The van der Waals surface area contributed by atoms with Crippen molar-refractivity contribution in [2.24, 2.45) is 4.99 Å². The van der Waals surface area contributed by atoms with Crippen LogP contribution in [-0.4, -0.2) is 41.6 Å². The molecule has 0 N–H and O–H groups in total. The van der Waals surface area contributed by atoms with E-state index in [4.69, 9.17) is 9.47 Å². The van der Waals surface area contributed by atoms with Crippen LogP contribution in [0.3, 0.4) is 0 Å². The van der Waals surface area contributed by atoms with Gasteiger partial charge >= 0.3 is 5.00 Å². The Hall–Kier alpha value is -2.37. The normalized spacial score (nSPS) is 11.8. The minimum atomic E-state index is -0.516. The second-order valence-electron chi connectivity index (χ2n) is 5.52. The first-order valence-electron chi connectivity index (χ1n) is 8.06. The molecular weight excluding hydrogens is 422 g/mol. The molecule has 0 radical (unpaired) electrons. The molecule has 0 fully saturated rings. The van der Waals surface area contributed by atoms with E-state index in [1.54, 1.807) is 26.0 Å². The number of methoxy groups -OCH3 is 2. The van der Waals surface area contributed by atoms with E-state index in [1.165, 1.54) is 23.5 Å². The summed E-state index contributed by atoms with van der Waals surface area (Å²) in [4.78, 5) is 27.9. The number of hydrogen-bond acceptors (Lipinski definition) is 8. The summed E-state index contributed by atoms with van der Waals surface area (Å²) < 4.78 is 13.6. The Morgan fingerprint density at radius 3 is 2.57 bits per heavy atom. The van der Waals surface area contributed by atoms with E-state index in [-0.39, 0.29) is 9.88 Å². The van der Waals surface area contributed by atoms with Gasteiger partial charge in [0, 0.05) is 30.5 Å². The topological polar surface area (TPSA) is 96.0 Å². The highest BCUT2D eigenvalue weighted by atomic mass is 32.2. The SMILES string of the molecule is COc1cc2sc(=NC(=O)c3ccc([N+](=O)[O-])s3)n(CCSC)c2cc1OC. The lowest BCUT2D eigenvalue weighted by Crippen LogP contribution is -2.18. The van der Waals surface area contributed by atoms with Crippen LogP contribution in [0.1, 0.15) is 9.67 Å². The lowest BCUT2D eigenvalue weighted by atomic mass is 10.3. The Balaban J connectivity index is 2.13. The van der Waals surface area contributed by atoms with Crippen LogP contribution in [0.15, 0.2) is 29.3 Å². The predicted octanol–water partition coefficient (Wildman–Crippen LogP) is 3.79. The monoisotopic (exact) mass is 439 g/mol. The summed E-state index contributed by atoms with van der Waals surface area (Å²) in [5.41, 5.74) is 0.889. The van der Waals surface area contributed by atoms with Crippen molar-refractivity contribution in [3.8, 4) is 11.5 Å². The molecule has 2 heterocycles. The van der Waals surface area contributed by atoms with Gasteiger partial charge in [0.05, 0.1) is 29.4 Å². The molecule has 2 aromatic heterocycles. The molecule has 0 aliphatic heterocycles. The van der Waals surface area contributed by atoms with Gasteiger partial charge in [-0.05, 0) is 12.3 Å². The number of rotatable bonds is 7. The van der Waals surface area contributed by atoms with Crippen molar-refractivity contribution in [2.75, 3.05) is 26.2 Å². The third-order valence-corrected chi connectivity index (χ3v) is 6.54. The zero-order valence-electron chi connectivity index (χ0n) is 15.3. The van der Waals surface area contributed by atoms with E-state index < -0.39 is 10.8 Å². The Morgan fingerprint density at radius 2 is 1.96 bits per heavy atom. The van der Waals surface area contributed by atoms with E-state index in [2.05, 4.69) is 4.99 Å². The van der Waals surface area contributed by atoms with Gasteiger partial charge < -0.3 is 14.0 Å². The number of thiazole rings is 1. The van der Waals surface area contributed by atoms with Gasteiger partial charge in [0.1, 0.15) is 4.88 Å². The van der Waals surface area contributed by atoms with Crippen molar-refractivity contribution >= 4 is 55.6 Å². The van der Waals surface area contributed by atoms with Gasteiger partial charge in [0.2, 0.25) is 0 Å². The van der Waals surface area contributed by atoms with Crippen molar-refractivity contribution in [3.63, 3.8) is 0 Å². The lowest BCUT2D eigenvalue weighted by Gasteiger charge is -2.09. The molecule has 28 heavy (non-hydrogen) atoms. The smallest absolute Gasteiger partial charge is 0.324 e. The number of aryl methyl sites for hydroxylation is 1. The van der Waals surface area contributed by atoms with Crippen molar-refractivity contribution in [2.45, 2.75) is 6.54 Å². The van der Waals surface area contributed by atoms with Gasteiger partial charge in [-0.15, -0.1) is 0 Å². The van der Waals surface area contributed by atoms with E-state index in [9.17, 15) is 14.9 Å². The molecule has 0 aliphatic carbocycles. The second-order valence-corrected chi connectivity index (χ2v) is 8.57. The molecule has 0 saturated carbocycles. The average Bonchev–Trinajstić information content (AvgIpc) is 3.30. The highest BCUT2D eigenvalue weighted by Gasteiger charge is 2.17. The number of aromatic nitrogens is 1. The Labute approximate surface area is 172 Å². The summed E-state index contributed by atoms with van der Waals surface area (Å²) in [6.07, 6.45) is 2.01. The summed E-state index contributed by atoms with van der Waals surface area (Å²) >= 11 is 3.87. The molecule has 0 unspecified atom stereocenters. The summed E-state index contributed by atoms with van der Waals surface area (Å²) in [5, 5.41) is 10.8. The van der Waals surface area contributed by atoms with Crippen molar-refractivity contribution in [3.05, 3.63) is 44.1 Å². The number of hydrogen-bond donors (Lipinski definition) is 0. The van der Waals surface area contributed by atoms with Gasteiger partial charge in [0.15, 0.2) is 16.3 Å². The van der Waals surface area contributed by atoms with Crippen molar-refractivity contribution in [1.82, 2.24) is 4.57 Å². The molecule has 3 aromatic rings. The summed E-state index contributed by atoms with van der Waals surface area (Å²) in [6.45, 7) is 0.660. The van der Waals surface area contributed by atoms with Crippen molar-refractivity contribution < 1.29 is 19.2 Å². The number of carbonyl (C=O) groups is 1. The van der Waals surface area contributed by atoms with Crippen LogP contribution in [0.4, 0.5) is 5.00 Å². The number of thiophene rings is 1. The number of nitrogens with zero attached hydrogens (tertiary/aromatic N) is 3. The fraction of sp³-hybridized carbons (Fsp3) is 0.294. The van der Waals surface area contributed by atoms with Gasteiger partial charge in [-0.2, -0.15) is 16.8 Å². The molecule has 0 spiro atoms. The lowest BCUT2D eigenvalue weighted by molar-refractivity contribution is -0.380. The number of fused-ring (bicyclic) bond motifs is 1. The number of amides is 1. The highest BCUT2D eigenvalue weighted by Crippen LogP contribution is 2.33. The third-order valence-electron chi connectivity index (χ3n) is 3.89. The average molecular weight is 440 g/mol. The molecule has 0 aliphatic rings. The van der Waals surface area contributed by atoms with Crippen LogP contribution in [0.2, 0.25) is 0 Å². The quantitative estimate of drug-likeness (QED) is 0.410. The summed E-state index contributed by atoms with van der Waals surface area (Å²) in [5.74, 6) is 1.53. The molecule has 11 heteroatoms. The molecule has 0 saturated heterocycles. The van der Waals surface area contributed by atoms with Gasteiger partial charge in [0.25, 0.3) is 5.91 Å². The standard InChI is InChI=1S/C17H17N3O5S3/c1-24-11-8-10-14(9-12(11)25-2)28-17(19(10)6-7-26-3)18-16(21)13-4-5-15(27-13)20(22)23/h4-5,8-9H,6-7H2,1-3H3. The van der Waals surface area contributed by atoms with Crippen LogP contribution in [-0.2, 0) is 6.54 Å². The second kappa shape index (κ2) is 8.76. The Kier molecular flexibility index (Phi) is 6.37.